The van der Waals surface area contributed by atoms with Crippen LogP contribution in [0.25, 0.3) is 0 Å². The van der Waals surface area contributed by atoms with Crippen LogP contribution in [-0.4, -0.2) is 30.1 Å². The molecule has 1 aromatic carbocycles. The fourth-order valence-corrected chi connectivity index (χ4v) is 6.75. The smallest absolute Gasteiger partial charge is 0.277 e. The molecule has 4 rings (SSSR count). The summed E-state index contributed by atoms with van der Waals surface area (Å²) in [7, 11) is -2.86. The Morgan fingerprint density at radius 1 is 1.16 bits per heavy atom. The molecule has 1 aliphatic heterocycles. The molecule has 1 aliphatic carbocycles. The maximum absolute atomic E-state index is 11.6. The SMILES string of the molecule is O=S1(=O)CCC(Cc2nnc(SC3CCCCc4ccccc43)o2)C1. The van der Waals surface area contributed by atoms with E-state index < -0.39 is 9.84 Å². The lowest BCUT2D eigenvalue weighted by molar-refractivity contribution is 0.388. The summed E-state index contributed by atoms with van der Waals surface area (Å²) in [6, 6.07) is 8.62. The first-order valence-electron chi connectivity index (χ1n) is 8.86. The number of fused-ring (bicyclic) bond motifs is 1. The van der Waals surface area contributed by atoms with E-state index in [4.69, 9.17) is 4.42 Å². The highest BCUT2D eigenvalue weighted by Gasteiger charge is 2.29. The molecule has 2 atom stereocenters. The van der Waals surface area contributed by atoms with Crippen molar-refractivity contribution in [2.45, 2.75) is 49.0 Å². The van der Waals surface area contributed by atoms with Crippen molar-refractivity contribution in [3.8, 4) is 0 Å². The Balaban J connectivity index is 1.45. The monoisotopic (exact) mass is 378 g/mol. The van der Waals surface area contributed by atoms with Gasteiger partial charge >= 0.3 is 0 Å². The lowest BCUT2D eigenvalue weighted by Gasteiger charge is -2.14. The molecule has 7 heteroatoms. The summed E-state index contributed by atoms with van der Waals surface area (Å²) in [5.41, 5.74) is 2.81. The van der Waals surface area contributed by atoms with Crippen LogP contribution in [0.5, 0.6) is 0 Å². The van der Waals surface area contributed by atoms with Crippen molar-refractivity contribution in [1.82, 2.24) is 10.2 Å². The zero-order valence-corrected chi connectivity index (χ0v) is 15.7. The largest absolute Gasteiger partial charge is 0.416 e. The summed E-state index contributed by atoms with van der Waals surface area (Å²) in [5, 5.41) is 9.27. The summed E-state index contributed by atoms with van der Waals surface area (Å²) in [4.78, 5) is 0. The molecule has 2 heterocycles. The third kappa shape index (κ3) is 4.08. The third-order valence-electron chi connectivity index (χ3n) is 5.05. The van der Waals surface area contributed by atoms with Crippen LogP contribution in [-0.2, 0) is 22.7 Å². The van der Waals surface area contributed by atoms with Gasteiger partial charge in [0.15, 0.2) is 9.84 Å². The van der Waals surface area contributed by atoms with E-state index in [2.05, 4.69) is 34.5 Å². The number of sulfone groups is 1. The second-order valence-electron chi connectivity index (χ2n) is 6.99. The molecule has 1 saturated heterocycles. The molecular weight excluding hydrogens is 356 g/mol. The Hall–Kier alpha value is -1.34. The highest BCUT2D eigenvalue weighted by atomic mass is 32.2. The molecule has 1 fully saturated rings. The summed E-state index contributed by atoms with van der Waals surface area (Å²) < 4.78 is 29.0. The van der Waals surface area contributed by atoms with Gasteiger partial charge in [-0.15, -0.1) is 10.2 Å². The first-order valence-corrected chi connectivity index (χ1v) is 11.6. The molecule has 2 unspecified atom stereocenters. The maximum Gasteiger partial charge on any atom is 0.277 e. The Morgan fingerprint density at radius 2 is 2.04 bits per heavy atom. The molecule has 2 aliphatic rings. The molecule has 0 amide bonds. The highest BCUT2D eigenvalue weighted by Crippen LogP contribution is 2.42. The van der Waals surface area contributed by atoms with E-state index in [1.54, 1.807) is 11.8 Å². The zero-order valence-electron chi connectivity index (χ0n) is 14.1. The number of aromatic nitrogens is 2. The summed E-state index contributed by atoms with van der Waals surface area (Å²) >= 11 is 1.64. The molecular formula is C18H22N2O3S2. The molecule has 0 saturated carbocycles. The van der Waals surface area contributed by atoms with Crippen molar-refractivity contribution < 1.29 is 12.8 Å². The van der Waals surface area contributed by atoms with Crippen molar-refractivity contribution in [2.75, 3.05) is 11.5 Å². The number of thioether (sulfide) groups is 1. The van der Waals surface area contributed by atoms with Gasteiger partial charge in [0.25, 0.3) is 5.22 Å². The van der Waals surface area contributed by atoms with Gasteiger partial charge in [-0.05, 0) is 42.7 Å². The highest BCUT2D eigenvalue weighted by molar-refractivity contribution is 7.99. The van der Waals surface area contributed by atoms with Gasteiger partial charge in [-0.1, -0.05) is 42.4 Å². The van der Waals surface area contributed by atoms with Crippen LogP contribution in [0.15, 0.2) is 33.9 Å². The first kappa shape index (κ1) is 17.1. The summed E-state index contributed by atoms with van der Waals surface area (Å²) in [6.07, 6.45) is 5.93. The van der Waals surface area contributed by atoms with E-state index in [-0.39, 0.29) is 17.4 Å². The van der Waals surface area contributed by atoms with Gasteiger partial charge in [0.05, 0.1) is 11.5 Å². The van der Waals surface area contributed by atoms with Gasteiger partial charge in [0.1, 0.15) is 0 Å². The third-order valence-corrected chi connectivity index (χ3v) is 8.02. The van der Waals surface area contributed by atoms with E-state index in [1.807, 2.05) is 0 Å². The fraction of sp³-hybridized carbons (Fsp3) is 0.556. The number of hydrogen-bond acceptors (Lipinski definition) is 6. The van der Waals surface area contributed by atoms with Crippen LogP contribution in [0.1, 0.15) is 48.0 Å². The Bertz CT molecular complexity index is 848. The topological polar surface area (TPSA) is 73.1 Å². The molecule has 0 N–H and O–H groups in total. The summed E-state index contributed by atoms with van der Waals surface area (Å²) in [6.45, 7) is 0. The second-order valence-corrected chi connectivity index (χ2v) is 10.4. The predicted molar refractivity (Wildman–Crippen MR) is 97.4 cm³/mol. The molecule has 0 bridgehead atoms. The average molecular weight is 379 g/mol. The van der Waals surface area contributed by atoms with Crippen LogP contribution in [0.2, 0.25) is 0 Å². The molecule has 2 aromatic rings. The second kappa shape index (κ2) is 7.11. The maximum atomic E-state index is 11.6. The number of hydrogen-bond donors (Lipinski definition) is 0. The Morgan fingerprint density at radius 3 is 2.88 bits per heavy atom. The van der Waals surface area contributed by atoms with Crippen LogP contribution in [0.3, 0.4) is 0 Å². The van der Waals surface area contributed by atoms with Crippen molar-refractivity contribution in [3.63, 3.8) is 0 Å². The molecule has 0 radical (unpaired) electrons. The summed E-state index contributed by atoms with van der Waals surface area (Å²) in [5.74, 6) is 1.20. The Labute approximate surface area is 152 Å². The van der Waals surface area contributed by atoms with E-state index >= 15 is 0 Å². The van der Waals surface area contributed by atoms with E-state index in [0.717, 1.165) is 12.8 Å². The Kier molecular flexibility index (Phi) is 4.86. The van der Waals surface area contributed by atoms with Crippen LogP contribution >= 0.6 is 11.8 Å². The quantitative estimate of drug-likeness (QED) is 0.757. The zero-order chi connectivity index (χ0) is 17.3. The van der Waals surface area contributed by atoms with Gasteiger partial charge in [-0.25, -0.2) is 8.42 Å². The van der Waals surface area contributed by atoms with E-state index in [9.17, 15) is 8.42 Å². The van der Waals surface area contributed by atoms with E-state index in [0.29, 0.717) is 29.2 Å². The van der Waals surface area contributed by atoms with Crippen LogP contribution < -0.4 is 0 Å². The number of aryl methyl sites for hydroxylation is 1. The molecule has 134 valence electrons. The lowest BCUT2D eigenvalue weighted by atomic mass is 10.0. The number of nitrogens with zero attached hydrogens (tertiary/aromatic N) is 2. The number of benzene rings is 1. The molecule has 25 heavy (non-hydrogen) atoms. The average Bonchev–Trinajstić information content (AvgIpc) is 3.10. The minimum absolute atomic E-state index is 0.113. The normalized spacial score (nSPS) is 25.4. The van der Waals surface area contributed by atoms with Crippen molar-refractivity contribution in [2.24, 2.45) is 5.92 Å². The van der Waals surface area contributed by atoms with Crippen molar-refractivity contribution in [3.05, 3.63) is 41.3 Å². The van der Waals surface area contributed by atoms with Crippen LogP contribution in [0.4, 0.5) is 0 Å². The molecule has 1 aromatic heterocycles. The van der Waals surface area contributed by atoms with Gasteiger partial charge < -0.3 is 4.42 Å². The lowest BCUT2D eigenvalue weighted by Crippen LogP contribution is -2.07. The first-order chi connectivity index (χ1) is 12.1. The number of rotatable bonds is 4. The van der Waals surface area contributed by atoms with Gasteiger partial charge in [-0.2, -0.15) is 0 Å². The van der Waals surface area contributed by atoms with Crippen molar-refractivity contribution >= 4 is 21.6 Å². The minimum Gasteiger partial charge on any atom is -0.416 e. The predicted octanol–water partition coefficient (Wildman–Crippen LogP) is 3.61. The van der Waals surface area contributed by atoms with Crippen LogP contribution in [0, 0.1) is 5.92 Å². The van der Waals surface area contributed by atoms with Crippen molar-refractivity contribution in [1.29, 1.82) is 0 Å². The van der Waals surface area contributed by atoms with E-state index in [1.165, 1.54) is 24.0 Å². The fourth-order valence-electron chi connectivity index (χ4n) is 3.77. The minimum atomic E-state index is -2.86. The van der Waals surface area contributed by atoms with Gasteiger partial charge in [-0.3, -0.25) is 0 Å². The van der Waals surface area contributed by atoms with Gasteiger partial charge in [0, 0.05) is 11.7 Å². The standard InChI is InChI=1S/C18H22N2O3S2/c21-25(22)10-9-13(12-25)11-17-19-20-18(23-17)24-16-8-4-2-6-14-5-1-3-7-15(14)16/h1,3,5,7,13,16H,2,4,6,8-12H2. The molecule has 5 nitrogen and oxygen atoms in total. The molecule has 0 spiro atoms. The van der Waals surface area contributed by atoms with Gasteiger partial charge in [0.2, 0.25) is 5.89 Å².